The number of aromatic nitrogens is 3. The molecule has 9 heteroatoms. The molecule has 0 bridgehead atoms. The Morgan fingerprint density at radius 1 is 1.38 bits per heavy atom. The zero-order valence-electron chi connectivity index (χ0n) is 16.4. The van der Waals surface area contributed by atoms with Gasteiger partial charge < -0.3 is 19.9 Å². The van der Waals surface area contributed by atoms with E-state index in [1.807, 2.05) is 13.1 Å². The second-order valence-corrected chi connectivity index (χ2v) is 7.04. The highest BCUT2D eigenvalue weighted by atomic mass is 35.5. The number of carbonyl (C=O) groups excluding carboxylic acids is 1. The van der Waals surface area contributed by atoms with E-state index in [4.69, 9.17) is 0 Å². The van der Waals surface area contributed by atoms with Crippen molar-refractivity contribution in [2.24, 2.45) is 0 Å². The summed E-state index contributed by atoms with van der Waals surface area (Å²) in [5.74, 6) is -0.730. The van der Waals surface area contributed by atoms with Gasteiger partial charge in [-0.3, -0.25) is 4.79 Å². The van der Waals surface area contributed by atoms with Crippen molar-refractivity contribution in [2.45, 2.75) is 26.3 Å². The van der Waals surface area contributed by atoms with Gasteiger partial charge in [-0.25, -0.2) is 14.4 Å². The number of benzene rings is 1. The standard InChI is InChI=1S/C20H23FN6O.ClH/c1-3-14-11-26(7-6-22-14)15-4-5-16(17(21)8-15)20(28)25-18-12-27-10-13(2)24-19(27)9-23-18;/h4-5,8-10,12,14,22H,3,6-7,11H2,1-2H3,(H,25,28);1H/t14-;/m0./s1. The monoisotopic (exact) mass is 418 g/mol. The first kappa shape index (κ1) is 21.0. The average molecular weight is 419 g/mol. The van der Waals surface area contributed by atoms with E-state index in [1.165, 1.54) is 12.1 Å². The van der Waals surface area contributed by atoms with Crippen molar-refractivity contribution in [3.8, 4) is 0 Å². The van der Waals surface area contributed by atoms with Crippen molar-refractivity contribution in [2.75, 3.05) is 29.9 Å². The maximum absolute atomic E-state index is 14.7. The molecule has 0 aliphatic carbocycles. The molecule has 1 amide bonds. The topological polar surface area (TPSA) is 74.6 Å². The minimum Gasteiger partial charge on any atom is -0.369 e. The lowest BCUT2D eigenvalue weighted by atomic mass is 10.1. The maximum atomic E-state index is 14.7. The number of hydrogen-bond acceptors (Lipinski definition) is 5. The molecule has 2 aromatic heterocycles. The van der Waals surface area contributed by atoms with Crippen LogP contribution in [0.2, 0.25) is 0 Å². The van der Waals surface area contributed by atoms with Gasteiger partial charge in [0.2, 0.25) is 0 Å². The van der Waals surface area contributed by atoms with Gasteiger partial charge in [-0.05, 0) is 31.5 Å². The van der Waals surface area contributed by atoms with Gasteiger partial charge in [0.1, 0.15) is 11.6 Å². The van der Waals surface area contributed by atoms with Crippen LogP contribution in [-0.4, -0.2) is 46.0 Å². The number of hydrogen-bond donors (Lipinski definition) is 2. The number of piperazine rings is 1. The molecule has 1 aliphatic rings. The first-order valence-corrected chi connectivity index (χ1v) is 9.44. The lowest BCUT2D eigenvalue weighted by molar-refractivity contribution is 0.102. The molecular formula is C20H24ClFN6O. The van der Waals surface area contributed by atoms with Crippen LogP contribution in [0.1, 0.15) is 29.4 Å². The Balaban J connectivity index is 0.00000240. The second-order valence-electron chi connectivity index (χ2n) is 7.04. The third-order valence-corrected chi connectivity index (χ3v) is 5.01. The van der Waals surface area contributed by atoms with Crippen LogP contribution in [0.25, 0.3) is 5.65 Å². The van der Waals surface area contributed by atoms with Crippen LogP contribution in [0, 0.1) is 12.7 Å². The molecule has 1 aromatic carbocycles. The molecule has 2 N–H and O–H groups in total. The summed E-state index contributed by atoms with van der Waals surface area (Å²) in [5, 5.41) is 6.09. The van der Waals surface area contributed by atoms with E-state index in [0.717, 1.165) is 37.4 Å². The summed E-state index contributed by atoms with van der Waals surface area (Å²) in [5.41, 5.74) is 2.33. The first-order valence-electron chi connectivity index (χ1n) is 9.44. The van der Waals surface area contributed by atoms with Gasteiger partial charge >= 0.3 is 0 Å². The van der Waals surface area contributed by atoms with Crippen LogP contribution in [0.5, 0.6) is 0 Å². The second kappa shape index (κ2) is 8.75. The molecule has 0 saturated carbocycles. The van der Waals surface area contributed by atoms with Crippen molar-refractivity contribution in [3.05, 3.63) is 53.9 Å². The van der Waals surface area contributed by atoms with Crippen LogP contribution < -0.4 is 15.5 Å². The molecule has 3 heterocycles. The quantitative estimate of drug-likeness (QED) is 0.681. The van der Waals surface area contributed by atoms with E-state index in [0.29, 0.717) is 17.5 Å². The number of imidazole rings is 1. The third kappa shape index (κ3) is 4.49. The minimum atomic E-state index is -0.541. The fourth-order valence-electron chi connectivity index (χ4n) is 3.49. The fraction of sp³-hybridized carbons (Fsp3) is 0.350. The molecule has 1 saturated heterocycles. The molecule has 3 aromatic rings. The van der Waals surface area contributed by atoms with Crippen LogP contribution in [0.15, 0.2) is 36.8 Å². The van der Waals surface area contributed by atoms with Crippen molar-refractivity contribution in [3.63, 3.8) is 0 Å². The number of rotatable bonds is 4. The molecule has 0 spiro atoms. The zero-order chi connectivity index (χ0) is 19.7. The van der Waals surface area contributed by atoms with Crippen molar-refractivity contribution >= 4 is 35.5 Å². The summed E-state index contributed by atoms with van der Waals surface area (Å²) >= 11 is 0. The molecule has 1 atom stereocenters. The van der Waals surface area contributed by atoms with Crippen LogP contribution in [0.4, 0.5) is 15.9 Å². The van der Waals surface area contributed by atoms with Gasteiger partial charge in [0, 0.05) is 37.6 Å². The smallest absolute Gasteiger partial charge is 0.259 e. The Bertz CT molecular complexity index is 1020. The molecule has 0 radical (unpaired) electrons. The maximum Gasteiger partial charge on any atom is 0.259 e. The van der Waals surface area contributed by atoms with Crippen LogP contribution >= 0.6 is 12.4 Å². The highest BCUT2D eigenvalue weighted by Crippen LogP contribution is 2.21. The number of fused-ring (bicyclic) bond motifs is 1. The number of anilines is 2. The fourth-order valence-corrected chi connectivity index (χ4v) is 3.49. The summed E-state index contributed by atoms with van der Waals surface area (Å²) in [6, 6.07) is 5.16. The zero-order valence-corrected chi connectivity index (χ0v) is 17.2. The van der Waals surface area contributed by atoms with E-state index >= 15 is 0 Å². The number of halogens is 2. The van der Waals surface area contributed by atoms with E-state index in [9.17, 15) is 9.18 Å². The Labute approximate surface area is 174 Å². The highest BCUT2D eigenvalue weighted by Gasteiger charge is 2.20. The van der Waals surface area contributed by atoms with Crippen molar-refractivity contribution < 1.29 is 9.18 Å². The van der Waals surface area contributed by atoms with Gasteiger partial charge in [-0.15, -0.1) is 12.4 Å². The average Bonchev–Trinajstić information content (AvgIpc) is 3.07. The van der Waals surface area contributed by atoms with Gasteiger partial charge in [0.15, 0.2) is 5.65 Å². The Morgan fingerprint density at radius 3 is 2.97 bits per heavy atom. The normalized spacial score (nSPS) is 16.5. The molecule has 7 nitrogen and oxygen atoms in total. The van der Waals surface area contributed by atoms with E-state index in [-0.39, 0.29) is 18.0 Å². The van der Waals surface area contributed by atoms with Gasteiger partial charge in [-0.1, -0.05) is 6.92 Å². The molecule has 1 fully saturated rings. The molecule has 154 valence electrons. The Morgan fingerprint density at radius 2 is 2.21 bits per heavy atom. The number of carbonyl (C=O) groups is 1. The van der Waals surface area contributed by atoms with E-state index in [2.05, 4.69) is 32.4 Å². The summed E-state index contributed by atoms with van der Waals surface area (Å²) in [7, 11) is 0. The Kier molecular flexibility index (Phi) is 6.34. The van der Waals surface area contributed by atoms with Gasteiger partial charge in [-0.2, -0.15) is 0 Å². The highest BCUT2D eigenvalue weighted by molar-refractivity contribution is 6.04. The molecule has 4 rings (SSSR count). The number of amides is 1. The molecule has 0 unspecified atom stereocenters. The van der Waals surface area contributed by atoms with Crippen molar-refractivity contribution in [1.82, 2.24) is 19.7 Å². The van der Waals surface area contributed by atoms with Crippen LogP contribution in [0.3, 0.4) is 0 Å². The Hall–Kier alpha value is -2.71. The molecular weight excluding hydrogens is 395 g/mol. The third-order valence-electron chi connectivity index (χ3n) is 5.01. The van der Waals surface area contributed by atoms with Crippen LogP contribution in [-0.2, 0) is 0 Å². The largest absolute Gasteiger partial charge is 0.369 e. The summed E-state index contributed by atoms with van der Waals surface area (Å²) in [4.78, 5) is 23.1. The lowest BCUT2D eigenvalue weighted by Crippen LogP contribution is -2.50. The number of aryl methyl sites for hydroxylation is 1. The van der Waals surface area contributed by atoms with Crippen molar-refractivity contribution in [1.29, 1.82) is 0 Å². The SMILES string of the molecule is CC[C@H]1CN(c2ccc(C(=O)Nc3cn4cc(C)nc4cn3)c(F)c2)CCN1.Cl. The molecule has 29 heavy (non-hydrogen) atoms. The summed E-state index contributed by atoms with van der Waals surface area (Å²) in [6.07, 6.45) is 6.08. The predicted molar refractivity (Wildman–Crippen MR) is 114 cm³/mol. The van der Waals surface area contributed by atoms with Gasteiger partial charge in [0.25, 0.3) is 5.91 Å². The molecule has 1 aliphatic heterocycles. The summed E-state index contributed by atoms with van der Waals surface area (Å²) < 4.78 is 16.4. The van der Waals surface area contributed by atoms with E-state index in [1.54, 1.807) is 22.9 Å². The lowest BCUT2D eigenvalue weighted by Gasteiger charge is -2.35. The first-order chi connectivity index (χ1) is 13.5. The van der Waals surface area contributed by atoms with E-state index < -0.39 is 11.7 Å². The predicted octanol–water partition coefficient (Wildman–Crippen LogP) is 3.04. The number of nitrogens with zero attached hydrogens (tertiary/aromatic N) is 4. The number of nitrogens with one attached hydrogen (secondary N) is 2. The summed E-state index contributed by atoms with van der Waals surface area (Å²) in [6.45, 7) is 6.52. The van der Waals surface area contributed by atoms with Gasteiger partial charge in [0.05, 0.1) is 23.7 Å². The minimum absolute atomic E-state index is 0.